The van der Waals surface area contributed by atoms with Crippen molar-refractivity contribution in [2.75, 3.05) is 20.3 Å². The topological polar surface area (TPSA) is 39.1 Å². The first kappa shape index (κ1) is 12.2. The first-order valence-electron chi connectivity index (χ1n) is 5.47. The van der Waals surface area contributed by atoms with E-state index >= 15 is 0 Å². The maximum atomic E-state index is 5.00. The van der Waals surface area contributed by atoms with Crippen LogP contribution in [0, 0.1) is 0 Å². The molecule has 1 aromatic heterocycles. The van der Waals surface area contributed by atoms with Gasteiger partial charge in [0.25, 0.3) is 0 Å². The van der Waals surface area contributed by atoms with Gasteiger partial charge in [-0.15, -0.1) is 0 Å². The monoisotopic (exact) mass is 211 g/mol. The Labute approximate surface area is 91.6 Å². The molecule has 0 aliphatic rings. The number of nitrogens with one attached hydrogen (secondary N) is 1. The lowest BCUT2D eigenvalue weighted by atomic mass is 10.1. The Balaban J connectivity index is 2.24. The Hall–Kier alpha value is -0.870. The number of aromatic nitrogens is 2. The van der Waals surface area contributed by atoms with Crippen molar-refractivity contribution in [1.29, 1.82) is 0 Å². The van der Waals surface area contributed by atoms with Gasteiger partial charge in [-0.3, -0.25) is 4.68 Å². The van der Waals surface area contributed by atoms with E-state index in [4.69, 9.17) is 4.74 Å². The van der Waals surface area contributed by atoms with Gasteiger partial charge in [0.1, 0.15) is 0 Å². The number of rotatable bonds is 7. The summed E-state index contributed by atoms with van der Waals surface area (Å²) in [6, 6.07) is 2.75. The van der Waals surface area contributed by atoms with Crippen molar-refractivity contribution in [3.63, 3.8) is 0 Å². The van der Waals surface area contributed by atoms with Gasteiger partial charge in [-0.2, -0.15) is 5.10 Å². The predicted octanol–water partition coefficient (Wildman–Crippen LogP) is 1.46. The van der Waals surface area contributed by atoms with Gasteiger partial charge in [0.2, 0.25) is 0 Å². The molecule has 0 aliphatic carbocycles. The second-order valence-corrected chi connectivity index (χ2v) is 3.82. The average Bonchev–Trinajstić information content (AvgIpc) is 2.76. The van der Waals surface area contributed by atoms with E-state index in [0.29, 0.717) is 12.1 Å². The number of hydrogen-bond acceptors (Lipinski definition) is 3. The van der Waals surface area contributed by atoms with Gasteiger partial charge in [0.15, 0.2) is 0 Å². The van der Waals surface area contributed by atoms with Crippen LogP contribution in [0.1, 0.15) is 26.3 Å². The van der Waals surface area contributed by atoms with E-state index in [1.165, 1.54) is 0 Å². The van der Waals surface area contributed by atoms with Gasteiger partial charge in [-0.25, -0.2) is 0 Å². The van der Waals surface area contributed by atoms with Crippen LogP contribution in [-0.2, 0) is 4.74 Å². The fraction of sp³-hybridized carbons (Fsp3) is 0.727. The highest BCUT2D eigenvalue weighted by Crippen LogP contribution is 2.08. The van der Waals surface area contributed by atoms with Gasteiger partial charge in [0.05, 0.1) is 6.04 Å². The number of methoxy groups -OCH3 is 1. The number of nitrogens with zero attached hydrogens (tertiary/aromatic N) is 2. The SMILES string of the molecule is COCCCNC(C)C(C)n1cccn1. The van der Waals surface area contributed by atoms with Crippen molar-refractivity contribution in [3.05, 3.63) is 18.5 Å². The van der Waals surface area contributed by atoms with Crippen molar-refractivity contribution in [1.82, 2.24) is 15.1 Å². The molecule has 0 aliphatic heterocycles. The second-order valence-electron chi connectivity index (χ2n) is 3.82. The smallest absolute Gasteiger partial charge is 0.0641 e. The molecule has 0 aromatic carbocycles. The normalized spacial score (nSPS) is 15.1. The van der Waals surface area contributed by atoms with E-state index in [-0.39, 0.29) is 0 Å². The first-order chi connectivity index (χ1) is 7.25. The minimum Gasteiger partial charge on any atom is -0.385 e. The molecule has 0 amide bonds. The Morgan fingerprint density at radius 3 is 2.87 bits per heavy atom. The van der Waals surface area contributed by atoms with Crippen molar-refractivity contribution in [3.8, 4) is 0 Å². The third-order valence-electron chi connectivity index (χ3n) is 2.66. The molecule has 0 radical (unpaired) electrons. The highest BCUT2D eigenvalue weighted by molar-refractivity contribution is 4.83. The maximum Gasteiger partial charge on any atom is 0.0641 e. The van der Waals surface area contributed by atoms with Crippen LogP contribution in [0.5, 0.6) is 0 Å². The molecule has 4 nitrogen and oxygen atoms in total. The number of ether oxygens (including phenoxy) is 1. The molecule has 2 unspecified atom stereocenters. The summed E-state index contributed by atoms with van der Waals surface area (Å²) < 4.78 is 6.98. The molecule has 1 heterocycles. The largest absolute Gasteiger partial charge is 0.385 e. The Morgan fingerprint density at radius 2 is 2.27 bits per heavy atom. The van der Waals surface area contributed by atoms with Crippen LogP contribution >= 0.6 is 0 Å². The van der Waals surface area contributed by atoms with Crippen molar-refractivity contribution >= 4 is 0 Å². The summed E-state index contributed by atoms with van der Waals surface area (Å²) in [6.07, 6.45) is 4.86. The molecule has 2 atom stereocenters. The molecule has 4 heteroatoms. The van der Waals surface area contributed by atoms with E-state index < -0.39 is 0 Å². The van der Waals surface area contributed by atoms with Crippen LogP contribution in [0.4, 0.5) is 0 Å². The summed E-state index contributed by atoms with van der Waals surface area (Å²) in [6.45, 7) is 6.15. The standard InChI is InChI=1S/C11H21N3O/c1-10(12-6-5-9-15-3)11(2)14-8-4-7-13-14/h4,7-8,10-12H,5-6,9H2,1-3H3. The van der Waals surface area contributed by atoms with Crippen molar-refractivity contribution in [2.24, 2.45) is 0 Å². The molecular weight excluding hydrogens is 190 g/mol. The van der Waals surface area contributed by atoms with Crippen LogP contribution in [0.2, 0.25) is 0 Å². The first-order valence-corrected chi connectivity index (χ1v) is 5.47. The molecule has 0 spiro atoms. The molecule has 1 rings (SSSR count). The van der Waals surface area contributed by atoms with Gasteiger partial charge in [-0.05, 0) is 32.9 Å². The lowest BCUT2D eigenvalue weighted by molar-refractivity contribution is 0.192. The zero-order chi connectivity index (χ0) is 11.1. The van der Waals surface area contributed by atoms with Gasteiger partial charge >= 0.3 is 0 Å². The Bertz CT molecular complexity index is 248. The molecule has 15 heavy (non-hydrogen) atoms. The van der Waals surface area contributed by atoms with Crippen LogP contribution in [0.3, 0.4) is 0 Å². The molecule has 0 saturated heterocycles. The molecule has 1 aromatic rings. The highest BCUT2D eigenvalue weighted by Gasteiger charge is 2.12. The summed E-state index contributed by atoms with van der Waals surface area (Å²) in [4.78, 5) is 0. The molecule has 0 bridgehead atoms. The van der Waals surface area contributed by atoms with Crippen molar-refractivity contribution in [2.45, 2.75) is 32.4 Å². The summed E-state index contributed by atoms with van der Waals surface area (Å²) in [5.41, 5.74) is 0. The van der Waals surface area contributed by atoms with Crippen LogP contribution < -0.4 is 5.32 Å². The fourth-order valence-corrected chi connectivity index (χ4v) is 1.47. The quantitative estimate of drug-likeness (QED) is 0.694. The summed E-state index contributed by atoms with van der Waals surface area (Å²) in [7, 11) is 1.73. The Morgan fingerprint density at radius 1 is 1.47 bits per heavy atom. The molecule has 0 saturated carbocycles. The van der Waals surface area contributed by atoms with Gasteiger partial charge in [-0.1, -0.05) is 0 Å². The lowest BCUT2D eigenvalue weighted by Crippen LogP contribution is -2.34. The second kappa shape index (κ2) is 6.58. The van der Waals surface area contributed by atoms with Gasteiger partial charge < -0.3 is 10.1 Å². The van der Waals surface area contributed by atoms with E-state index in [1.807, 2.05) is 23.1 Å². The molecule has 1 N–H and O–H groups in total. The molecule has 0 fully saturated rings. The van der Waals surface area contributed by atoms with Gasteiger partial charge in [0, 0.05) is 32.2 Å². The van der Waals surface area contributed by atoms with E-state index in [1.54, 1.807) is 7.11 Å². The zero-order valence-corrected chi connectivity index (χ0v) is 9.81. The predicted molar refractivity (Wildman–Crippen MR) is 60.9 cm³/mol. The third-order valence-corrected chi connectivity index (χ3v) is 2.66. The highest BCUT2D eigenvalue weighted by atomic mass is 16.5. The maximum absolute atomic E-state index is 5.00. The summed E-state index contributed by atoms with van der Waals surface area (Å²) in [5.74, 6) is 0. The van der Waals surface area contributed by atoms with E-state index in [9.17, 15) is 0 Å². The van der Waals surface area contributed by atoms with Crippen LogP contribution in [0.25, 0.3) is 0 Å². The van der Waals surface area contributed by atoms with E-state index in [0.717, 1.165) is 19.6 Å². The van der Waals surface area contributed by atoms with E-state index in [2.05, 4.69) is 24.3 Å². The summed E-state index contributed by atoms with van der Waals surface area (Å²) in [5, 5.41) is 7.70. The number of hydrogen-bond donors (Lipinski definition) is 1. The van der Waals surface area contributed by atoms with Crippen molar-refractivity contribution < 1.29 is 4.74 Å². The van der Waals surface area contributed by atoms with Crippen LogP contribution in [0.15, 0.2) is 18.5 Å². The Kier molecular flexibility index (Phi) is 5.36. The molecule has 86 valence electrons. The van der Waals surface area contributed by atoms with Crippen LogP contribution in [-0.4, -0.2) is 36.1 Å². The minimum absolute atomic E-state index is 0.377. The lowest BCUT2D eigenvalue weighted by Gasteiger charge is -2.21. The minimum atomic E-state index is 0.377. The summed E-state index contributed by atoms with van der Waals surface area (Å²) >= 11 is 0. The average molecular weight is 211 g/mol. The zero-order valence-electron chi connectivity index (χ0n) is 9.81. The third kappa shape index (κ3) is 4.01. The fourth-order valence-electron chi connectivity index (χ4n) is 1.47. The molecular formula is C11H21N3O.